The molecule has 0 amide bonds. The van der Waals surface area contributed by atoms with Crippen molar-refractivity contribution in [1.29, 1.82) is 0 Å². The number of rotatable bonds is 7. The van der Waals surface area contributed by atoms with Gasteiger partial charge in [-0.2, -0.15) is 0 Å². The van der Waals surface area contributed by atoms with Crippen molar-refractivity contribution >= 4 is 9.84 Å². The van der Waals surface area contributed by atoms with E-state index in [0.29, 0.717) is 6.54 Å². The maximum Gasteiger partial charge on any atom is 0.148 e. The molecule has 0 aliphatic carbocycles. The number of nitrogens with one attached hydrogen (secondary N) is 1. The molecule has 5 heteroatoms. The lowest BCUT2D eigenvalue weighted by atomic mass is 10.1. The molecule has 0 aromatic heterocycles. The van der Waals surface area contributed by atoms with Crippen LogP contribution in [-0.2, 0) is 9.84 Å². The fourth-order valence-corrected chi connectivity index (χ4v) is 2.58. The number of nitrogens with zero attached hydrogens (tertiary/aromatic N) is 1. The lowest BCUT2D eigenvalue weighted by Crippen LogP contribution is -2.32. The van der Waals surface area contributed by atoms with Gasteiger partial charge in [-0.3, -0.25) is 0 Å². The molecule has 1 saturated heterocycles. The predicted molar refractivity (Wildman–Crippen MR) is 67.4 cm³/mol. The fourth-order valence-electron chi connectivity index (χ4n) is 2.07. The molecule has 0 saturated carbocycles. The summed E-state index contributed by atoms with van der Waals surface area (Å²) in [6.45, 7) is 7.17. The molecule has 0 aromatic carbocycles. The van der Waals surface area contributed by atoms with Gasteiger partial charge in [-0.15, -0.1) is 0 Å². The fraction of sp³-hybridized carbons (Fsp3) is 1.00. The van der Waals surface area contributed by atoms with Crippen molar-refractivity contribution in [2.45, 2.75) is 19.8 Å². The monoisotopic (exact) mass is 248 g/mol. The minimum Gasteiger partial charge on any atom is -0.314 e. The van der Waals surface area contributed by atoms with Gasteiger partial charge in [0.2, 0.25) is 0 Å². The van der Waals surface area contributed by atoms with E-state index in [9.17, 15) is 8.42 Å². The second-order valence-electron chi connectivity index (χ2n) is 4.74. The van der Waals surface area contributed by atoms with E-state index in [4.69, 9.17) is 0 Å². The second-order valence-corrected chi connectivity index (χ2v) is 7.00. The molecule has 1 aliphatic heterocycles. The van der Waals surface area contributed by atoms with Crippen LogP contribution in [0.4, 0.5) is 0 Å². The van der Waals surface area contributed by atoms with Gasteiger partial charge in [0.25, 0.3) is 0 Å². The van der Waals surface area contributed by atoms with Crippen LogP contribution < -0.4 is 5.32 Å². The van der Waals surface area contributed by atoms with Gasteiger partial charge in [-0.05, 0) is 18.9 Å². The van der Waals surface area contributed by atoms with Gasteiger partial charge in [0.05, 0.1) is 5.75 Å². The highest BCUT2D eigenvalue weighted by Crippen LogP contribution is 2.17. The molecule has 1 aliphatic rings. The average molecular weight is 248 g/mol. The van der Waals surface area contributed by atoms with Crippen molar-refractivity contribution in [2.24, 2.45) is 5.92 Å². The third-order valence-electron chi connectivity index (χ3n) is 3.20. The van der Waals surface area contributed by atoms with Crippen LogP contribution in [0.1, 0.15) is 19.8 Å². The van der Waals surface area contributed by atoms with Crippen LogP contribution in [0.5, 0.6) is 0 Å². The Bertz CT molecular complexity index is 290. The molecule has 0 radical (unpaired) electrons. The van der Waals surface area contributed by atoms with E-state index in [0.717, 1.165) is 19.0 Å². The van der Waals surface area contributed by atoms with E-state index < -0.39 is 9.84 Å². The van der Waals surface area contributed by atoms with E-state index in [2.05, 4.69) is 17.1 Å². The maximum atomic E-state index is 10.9. The Morgan fingerprint density at radius 3 is 2.69 bits per heavy atom. The van der Waals surface area contributed by atoms with Crippen molar-refractivity contribution in [3.8, 4) is 0 Å². The summed E-state index contributed by atoms with van der Waals surface area (Å²) in [4.78, 5) is 2.46. The van der Waals surface area contributed by atoms with Gasteiger partial charge in [-0.25, -0.2) is 8.42 Å². The highest BCUT2D eigenvalue weighted by molar-refractivity contribution is 7.90. The molecule has 1 fully saturated rings. The van der Waals surface area contributed by atoms with Gasteiger partial charge < -0.3 is 10.2 Å². The third-order valence-corrected chi connectivity index (χ3v) is 4.15. The van der Waals surface area contributed by atoms with Crippen molar-refractivity contribution < 1.29 is 8.42 Å². The Balaban J connectivity index is 2.00. The van der Waals surface area contributed by atoms with Crippen LogP contribution in [0.25, 0.3) is 0 Å². The van der Waals surface area contributed by atoms with Gasteiger partial charge in [0.15, 0.2) is 0 Å². The number of likely N-dealkylation sites (tertiary alicyclic amines) is 1. The zero-order valence-corrected chi connectivity index (χ0v) is 11.2. The molecular weight excluding hydrogens is 224 g/mol. The molecular formula is C11H24N2O2S. The topological polar surface area (TPSA) is 49.4 Å². The van der Waals surface area contributed by atoms with Gasteiger partial charge in [0, 0.05) is 32.4 Å². The molecule has 1 heterocycles. The summed E-state index contributed by atoms with van der Waals surface area (Å²) in [5.74, 6) is 1.11. The molecule has 1 atom stereocenters. The summed E-state index contributed by atoms with van der Waals surface area (Å²) in [6.07, 6.45) is 3.87. The zero-order valence-electron chi connectivity index (χ0n) is 10.4. The molecule has 96 valence electrons. The average Bonchev–Trinajstić information content (AvgIpc) is 2.63. The van der Waals surface area contributed by atoms with Crippen molar-refractivity contribution in [1.82, 2.24) is 10.2 Å². The molecule has 4 nitrogen and oxygen atoms in total. The van der Waals surface area contributed by atoms with Crippen molar-refractivity contribution in [3.05, 3.63) is 0 Å². The Hall–Kier alpha value is -0.130. The summed E-state index contributed by atoms with van der Waals surface area (Å²) in [5, 5.41) is 3.18. The Morgan fingerprint density at radius 1 is 1.38 bits per heavy atom. The standard InChI is InChI=1S/C11H24N2O2S/c1-3-11-4-7-13(10-11)8-5-12-6-9-16(2,14)15/h11-12H,3-10H2,1-2H3. The first kappa shape index (κ1) is 13.9. The van der Waals surface area contributed by atoms with Gasteiger partial charge in [-0.1, -0.05) is 13.3 Å². The first-order chi connectivity index (χ1) is 7.51. The Morgan fingerprint density at radius 2 is 2.12 bits per heavy atom. The normalized spacial score (nSPS) is 22.8. The first-order valence-corrected chi connectivity index (χ1v) is 8.18. The van der Waals surface area contributed by atoms with E-state index in [1.807, 2.05) is 0 Å². The molecule has 0 aromatic rings. The summed E-state index contributed by atoms with van der Waals surface area (Å²) in [6, 6.07) is 0. The first-order valence-electron chi connectivity index (χ1n) is 6.12. The molecule has 0 bridgehead atoms. The van der Waals surface area contributed by atoms with E-state index in [1.54, 1.807) is 0 Å². The van der Waals surface area contributed by atoms with E-state index in [-0.39, 0.29) is 5.75 Å². The Labute approximate surface area is 99.3 Å². The molecule has 16 heavy (non-hydrogen) atoms. The second kappa shape index (κ2) is 6.57. The summed E-state index contributed by atoms with van der Waals surface area (Å²) < 4.78 is 21.8. The van der Waals surface area contributed by atoms with Crippen LogP contribution in [0.15, 0.2) is 0 Å². The van der Waals surface area contributed by atoms with Crippen LogP contribution in [0, 0.1) is 5.92 Å². The largest absolute Gasteiger partial charge is 0.314 e. The number of hydrogen-bond donors (Lipinski definition) is 1. The van der Waals surface area contributed by atoms with Crippen molar-refractivity contribution in [3.63, 3.8) is 0 Å². The minimum atomic E-state index is -2.81. The third kappa shape index (κ3) is 5.82. The summed E-state index contributed by atoms with van der Waals surface area (Å²) >= 11 is 0. The van der Waals surface area contributed by atoms with E-state index >= 15 is 0 Å². The number of sulfone groups is 1. The van der Waals surface area contributed by atoms with Gasteiger partial charge >= 0.3 is 0 Å². The smallest absolute Gasteiger partial charge is 0.148 e. The molecule has 1 rings (SSSR count). The van der Waals surface area contributed by atoms with Crippen molar-refractivity contribution in [2.75, 3.05) is 44.7 Å². The predicted octanol–water partition coefficient (Wildman–Crippen LogP) is 0.353. The van der Waals surface area contributed by atoms with Gasteiger partial charge in [0.1, 0.15) is 9.84 Å². The quantitative estimate of drug-likeness (QED) is 0.661. The molecule has 0 spiro atoms. The highest BCUT2D eigenvalue weighted by atomic mass is 32.2. The zero-order chi connectivity index (χ0) is 12.0. The lowest BCUT2D eigenvalue weighted by molar-refractivity contribution is 0.322. The summed E-state index contributed by atoms with van der Waals surface area (Å²) in [7, 11) is -2.81. The van der Waals surface area contributed by atoms with Crippen LogP contribution in [0.3, 0.4) is 0 Å². The molecule has 1 unspecified atom stereocenters. The SMILES string of the molecule is CCC1CCN(CCNCCS(C)(=O)=O)C1. The molecule has 1 N–H and O–H groups in total. The van der Waals surface area contributed by atoms with Crippen LogP contribution >= 0.6 is 0 Å². The number of hydrogen-bond acceptors (Lipinski definition) is 4. The minimum absolute atomic E-state index is 0.241. The van der Waals surface area contributed by atoms with E-state index in [1.165, 1.54) is 32.2 Å². The highest BCUT2D eigenvalue weighted by Gasteiger charge is 2.19. The van der Waals surface area contributed by atoms with Crippen LogP contribution in [0.2, 0.25) is 0 Å². The Kier molecular flexibility index (Phi) is 5.72. The maximum absolute atomic E-state index is 10.9. The summed E-state index contributed by atoms with van der Waals surface area (Å²) in [5.41, 5.74) is 0. The van der Waals surface area contributed by atoms with Crippen LogP contribution in [-0.4, -0.2) is 58.1 Å². The lowest BCUT2D eigenvalue weighted by Gasteiger charge is -2.15.